The van der Waals surface area contributed by atoms with Crippen molar-refractivity contribution in [1.29, 1.82) is 0 Å². The third-order valence-electron chi connectivity index (χ3n) is 4.68. The van der Waals surface area contributed by atoms with Gasteiger partial charge in [-0.3, -0.25) is 9.69 Å². The molecule has 1 aromatic rings. The monoisotopic (exact) mass is 367 g/mol. The van der Waals surface area contributed by atoms with Crippen LogP contribution in [0.5, 0.6) is 0 Å². The molecule has 2 rings (SSSR count). The summed E-state index contributed by atoms with van der Waals surface area (Å²) in [7, 11) is 1.53. The minimum Gasteiger partial charge on any atom is -0.480 e. The van der Waals surface area contributed by atoms with Gasteiger partial charge >= 0.3 is 12.0 Å². The van der Waals surface area contributed by atoms with Gasteiger partial charge < -0.3 is 20.5 Å². The van der Waals surface area contributed by atoms with Crippen molar-refractivity contribution in [2.45, 2.75) is 38.0 Å². The molecule has 1 saturated carbocycles. The molecule has 0 saturated heterocycles. The van der Waals surface area contributed by atoms with Crippen LogP contribution in [0.25, 0.3) is 0 Å². The second-order valence-electron chi connectivity index (χ2n) is 6.41. The molecule has 26 heavy (non-hydrogen) atoms. The standard InChI is InChI=1S/C18H26FN3O4/c1-3-22(11-17(23)24)15-8-14(9-15)21-18(25)20-10-16(26-2)12-4-6-13(19)7-5-12/h4-7,14-16H,3,8-11H2,1-2H3,(H,23,24)(H2,20,21,25). The lowest BCUT2D eigenvalue weighted by Gasteiger charge is -2.42. The molecule has 1 aliphatic rings. The molecule has 1 atom stereocenters. The number of rotatable bonds is 9. The molecular weight excluding hydrogens is 341 g/mol. The van der Waals surface area contributed by atoms with Crippen molar-refractivity contribution in [3.8, 4) is 0 Å². The summed E-state index contributed by atoms with van der Waals surface area (Å²) < 4.78 is 18.3. The molecule has 0 heterocycles. The first-order chi connectivity index (χ1) is 12.4. The molecular formula is C18H26FN3O4. The van der Waals surface area contributed by atoms with Gasteiger partial charge in [0.1, 0.15) is 5.82 Å². The predicted molar refractivity (Wildman–Crippen MR) is 94.4 cm³/mol. The second kappa shape index (κ2) is 9.49. The van der Waals surface area contributed by atoms with E-state index in [1.165, 1.54) is 19.2 Å². The second-order valence-corrected chi connectivity index (χ2v) is 6.41. The summed E-state index contributed by atoms with van der Waals surface area (Å²) in [5.74, 6) is -1.16. The van der Waals surface area contributed by atoms with E-state index in [-0.39, 0.29) is 43.1 Å². The first kappa shape index (κ1) is 20.1. The number of ether oxygens (including phenoxy) is 1. The van der Waals surface area contributed by atoms with Crippen molar-refractivity contribution in [3.05, 3.63) is 35.6 Å². The number of halogens is 1. The van der Waals surface area contributed by atoms with Crippen molar-refractivity contribution in [2.24, 2.45) is 0 Å². The summed E-state index contributed by atoms with van der Waals surface area (Å²) in [6, 6.07) is 5.89. The number of amides is 2. The van der Waals surface area contributed by atoms with Crippen LogP contribution in [0.4, 0.5) is 9.18 Å². The Bertz CT molecular complexity index is 605. The molecule has 0 aliphatic heterocycles. The number of carbonyl (C=O) groups is 2. The Balaban J connectivity index is 1.72. The van der Waals surface area contributed by atoms with Gasteiger partial charge in [-0.25, -0.2) is 9.18 Å². The third kappa shape index (κ3) is 5.67. The maximum Gasteiger partial charge on any atom is 0.317 e. The molecule has 1 unspecified atom stereocenters. The molecule has 3 N–H and O–H groups in total. The predicted octanol–water partition coefficient (Wildman–Crippen LogP) is 1.75. The van der Waals surface area contributed by atoms with Crippen LogP contribution in [0.1, 0.15) is 31.4 Å². The first-order valence-corrected chi connectivity index (χ1v) is 8.71. The number of carbonyl (C=O) groups excluding carboxylic acids is 1. The summed E-state index contributed by atoms with van der Waals surface area (Å²) in [6.45, 7) is 2.89. The van der Waals surface area contributed by atoms with Gasteiger partial charge in [0, 0.05) is 25.7 Å². The van der Waals surface area contributed by atoms with Crippen LogP contribution in [-0.2, 0) is 9.53 Å². The summed E-state index contributed by atoms with van der Waals surface area (Å²) in [5.41, 5.74) is 0.783. The number of nitrogens with zero attached hydrogens (tertiary/aromatic N) is 1. The highest BCUT2D eigenvalue weighted by Gasteiger charge is 2.34. The summed E-state index contributed by atoms with van der Waals surface area (Å²) in [6.07, 6.45) is 1.11. The number of hydrogen-bond donors (Lipinski definition) is 3. The zero-order chi connectivity index (χ0) is 19.1. The lowest BCUT2D eigenvalue weighted by molar-refractivity contribution is -0.139. The van der Waals surface area contributed by atoms with Gasteiger partial charge in [-0.15, -0.1) is 0 Å². The number of aliphatic carboxylic acids is 1. The Morgan fingerprint density at radius 3 is 2.54 bits per heavy atom. The van der Waals surface area contributed by atoms with Crippen molar-refractivity contribution in [3.63, 3.8) is 0 Å². The Labute approximate surface area is 152 Å². The van der Waals surface area contributed by atoms with Crippen LogP contribution in [-0.4, -0.2) is 60.8 Å². The molecule has 1 fully saturated rings. The van der Waals surface area contributed by atoms with E-state index in [4.69, 9.17) is 9.84 Å². The van der Waals surface area contributed by atoms with Crippen LogP contribution >= 0.6 is 0 Å². The highest BCUT2D eigenvalue weighted by molar-refractivity contribution is 5.74. The van der Waals surface area contributed by atoms with E-state index in [0.29, 0.717) is 6.54 Å². The van der Waals surface area contributed by atoms with Crippen LogP contribution in [0, 0.1) is 5.82 Å². The number of hydrogen-bond acceptors (Lipinski definition) is 4. The molecule has 144 valence electrons. The molecule has 0 spiro atoms. The third-order valence-corrected chi connectivity index (χ3v) is 4.68. The first-order valence-electron chi connectivity index (χ1n) is 8.71. The van der Waals surface area contributed by atoms with E-state index in [9.17, 15) is 14.0 Å². The molecule has 1 aliphatic carbocycles. The number of methoxy groups -OCH3 is 1. The Morgan fingerprint density at radius 2 is 2.00 bits per heavy atom. The molecule has 0 radical (unpaired) electrons. The van der Waals surface area contributed by atoms with E-state index >= 15 is 0 Å². The van der Waals surface area contributed by atoms with Crippen molar-refractivity contribution < 1.29 is 23.8 Å². The Morgan fingerprint density at radius 1 is 1.35 bits per heavy atom. The zero-order valence-electron chi connectivity index (χ0n) is 15.1. The van der Waals surface area contributed by atoms with E-state index in [1.54, 1.807) is 12.1 Å². The van der Waals surface area contributed by atoms with E-state index < -0.39 is 5.97 Å². The number of carboxylic acid groups (broad SMARTS) is 1. The van der Waals surface area contributed by atoms with E-state index in [2.05, 4.69) is 10.6 Å². The zero-order valence-corrected chi connectivity index (χ0v) is 15.1. The quantitative estimate of drug-likeness (QED) is 0.619. The number of carboxylic acids is 1. The largest absolute Gasteiger partial charge is 0.480 e. The maximum atomic E-state index is 13.0. The Hall–Kier alpha value is -2.19. The molecule has 8 heteroatoms. The van der Waals surface area contributed by atoms with Crippen molar-refractivity contribution >= 4 is 12.0 Å². The SMILES string of the molecule is CCN(CC(=O)O)C1CC(NC(=O)NCC(OC)c2ccc(F)cc2)C1. The maximum absolute atomic E-state index is 13.0. The van der Waals surface area contributed by atoms with Crippen LogP contribution in [0.2, 0.25) is 0 Å². The summed E-state index contributed by atoms with van der Waals surface area (Å²) in [5, 5.41) is 14.5. The van der Waals surface area contributed by atoms with Crippen molar-refractivity contribution in [2.75, 3.05) is 26.7 Å². The highest BCUT2D eigenvalue weighted by atomic mass is 19.1. The normalized spacial score (nSPS) is 20.3. The average Bonchev–Trinajstić information content (AvgIpc) is 2.57. The highest BCUT2D eigenvalue weighted by Crippen LogP contribution is 2.25. The smallest absolute Gasteiger partial charge is 0.317 e. The lowest BCUT2D eigenvalue weighted by Crippen LogP contribution is -2.56. The molecule has 0 bridgehead atoms. The van der Waals surface area contributed by atoms with Gasteiger partial charge in [-0.2, -0.15) is 0 Å². The summed E-state index contributed by atoms with van der Waals surface area (Å²) >= 11 is 0. The minimum atomic E-state index is -0.840. The fourth-order valence-electron chi connectivity index (χ4n) is 3.11. The van der Waals surface area contributed by atoms with E-state index in [0.717, 1.165) is 18.4 Å². The van der Waals surface area contributed by atoms with Crippen molar-refractivity contribution in [1.82, 2.24) is 15.5 Å². The topological polar surface area (TPSA) is 90.9 Å². The van der Waals surface area contributed by atoms with Gasteiger partial charge in [0.25, 0.3) is 0 Å². The molecule has 7 nitrogen and oxygen atoms in total. The van der Waals surface area contributed by atoms with Crippen LogP contribution < -0.4 is 10.6 Å². The Kier molecular flexibility index (Phi) is 7.35. The average molecular weight is 367 g/mol. The van der Waals surface area contributed by atoms with E-state index in [1.807, 2.05) is 11.8 Å². The molecule has 0 aromatic heterocycles. The summed E-state index contributed by atoms with van der Waals surface area (Å²) in [4.78, 5) is 24.8. The number of benzene rings is 1. The molecule has 2 amide bonds. The lowest BCUT2D eigenvalue weighted by atomic mass is 9.85. The number of nitrogens with one attached hydrogen (secondary N) is 2. The minimum absolute atomic E-state index is 0.0211. The van der Waals surface area contributed by atoms with Gasteiger partial charge in [-0.05, 0) is 37.1 Å². The van der Waals surface area contributed by atoms with Gasteiger partial charge in [-0.1, -0.05) is 19.1 Å². The van der Waals surface area contributed by atoms with Crippen LogP contribution in [0.3, 0.4) is 0 Å². The van der Waals surface area contributed by atoms with Gasteiger partial charge in [0.05, 0.1) is 12.6 Å². The fourth-order valence-corrected chi connectivity index (χ4v) is 3.11. The fraction of sp³-hybridized carbons (Fsp3) is 0.556. The van der Waals surface area contributed by atoms with Crippen LogP contribution in [0.15, 0.2) is 24.3 Å². The van der Waals surface area contributed by atoms with Gasteiger partial charge in [0.15, 0.2) is 0 Å². The van der Waals surface area contributed by atoms with Gasteiger partial charge in [0.2, 0.25) is 0 Å². The number of likely N-dealkylation sites (N-methyl/N-ethyl adjacent to an activating group) is 1. The molecule has 1 aromatic carbocycles. The number of urea groups is 1.